The molecule has 0 atom stereocenters. The van der Waals surface area contributed by atoms with Crippen LogP contribution < -0.4 is 5.32 Å². The number of unbranched alkanes of at least 4 members (excludes halogenated alkanes) is 2. The Morgan fingerprint density at radius 3 is 2.00 bits per heavy atom. The van der Waals surface area contributed by atoms with Crippen LogP contribution in [-0.2, 0) is 6.42 Å². The second-order valence-corrected chi connectivity index (χ2v) is 12.3. The van der Waals surface area contributed by atoms with E-state index in [4.69, 9.17) is 0 Å². The molecule has 3 aliphatic carbocycles. The summed E-state index contributed by atoms with van der Waals surface area (Å²) in [4.78, 5) is 0. The predicted molar refractivity (Wildman–Crippen MR) is 144 cm³/mol. The van der Waals surface area contributed by atoms with E-state index in [1.165, 1.54) is 108 Å². The molecule has 4 rings (SSSR count). The molecule has 0 radical (unpaired) electrons. The van der Waals surface area contributed by atoms with Gasteiger partial charge in [0.25, 0.3) is 0 Å². The van der Waals surface area contributed by atoms with Gasteiger partial charge in [0, 0.05) is 6.04 Å². The van der Waals surface area contributed by atoms with Crippen molar-refractivity contribution in [2.45, 2.75) is 134 Å². The molecule has 0 aliphatic heterocycles. The van der Waals surface area contributed by atoms with Crippen LogP contribution >= 0.6 is 0 Å². The van der Waals surface area contributed by atoms with E-state index < -0.39 is 0 Å². The van der Waals surface area contributed by atoms with Gasteiger partial charge in [-0.1, -0.05) is 57.6 Å². The minimum absolute atomic E-state index is 0.0601. The van der Waals surface area contributed by atoms with Crippen molar-refractivity contribution in [2.24, 2.45) is 23.7 Å². The molecule has 0 unspecified atom stereocenters. The summed E-state index contributed by atoms with van der Waals surface area (Å²) in [5.74, 6) is 4.36. The van der Waals surface area contributed by atoms with Crippen LogP contribution in [0.1, 0.15) is 133 Å². The Balaban J connectivity index is 1.18. The molecule has 0 amide bonds. The van der Waals surface area contributed by atoms with Crippen molar-refractivity contribution in [1.29, 1.82) is 0 Å². The molecule has 0 aromatic heterocycles. The molecule has 3 fully saturated rings. The Morgan fingerprint density at radius 2 is 1.38 bits per heavy atom. The van der Waals surface area contributed by atoms with Crippen molar-refractivity contribution >= 4 is 0 Å². The summed E-state index contributed by atoms with van der Waals surface area (Å²) in [7, 11) is 2.08. The average Bonchev–Trinajstić information content (AvgIpc) is 2.89. The van der Waals surface area contributed by atoms with Crippen LogP contribution in [0.5, 0.6) is 0 Å². The molecule has 2 heteroatoms. The fourth-order valence-electron chi connectivity index (χ4n) is 7.67. The molecule has 1 aromatic carbocycles. The normalized spacial score (nSPS) is 32.6. The average molecular weight is 470 g/mol. The van der Waals surface area contributed by atoms with Crippen molar-refractivity contribution in [1.82, 2.24) is 5.32 Å². The number of halogens is 1. The van der Waals surface area contributed by atoms with E-state index in [2.05, 4.69) is 31.4 Å². The summed E-state index contributed by atoms with van der Waals surface area (Å²) in [6.45, 7) is 2.31. The Labute approximate surface area is 210 Å². The van der Waals surface area contributed by atoms with Gasteiger partial charge in [-0.05, 0) is 131 Å². The summed E-state index contributed by atoms with van der Waals surface area (Å²) < 4.78 is 15.0. The third-order valence-corrected chi connectivity index (χ3v) is 10.2. The van der Waals surface area contributed by atoms with Gasteiger partial charge >= 0.3 is 0 Å². The molecular weight excluding hydrogens is 417 g/mol. The van der Waals surface area contributed by atoms with Gasteiger partial charge in [0.05, 0.1) is 0 Å². The van der Waals surface area contributed by atoms with E-state index in [9.17, 15) is 4.39 Å². The van der Waals surface area contributed by atoms with Crippen molar-refractivity contribution < 1.29 is 4.39 Å². The molecule has 192 valence electrons. The van der Waals surface area contributed by atoms with Crippen molar-refractivity contribution in [3.63, 3.8) is 0 Å². The zero-order valence-corrected chi connectivity index (χ0v) is 22.3. The SMILES string of the molecule is CCCCCC1CCC(C2CCC(c3ccc(CCC4CCC(NC)CC4)c(F)c3)CC2)CC1. The number of rotatable bonds is 10. The van der Waals surface area contributed by atoms with Crippen molar-refractivity contribution in [3.05, 3.63) is 35.1 Å². The maximum Gasteiger partial charge on any atom is 0.126 e. The summed E-state index contributed by atoms with van der Waals surface area (Å²) >= 11 is 0. The van der Waals surface area contributed by atoms with E-state index in [1.807, 2.05) is 6.07 Å². The molecule has 3 saturated carbocycles. The molecule has 34 heavy (non-hydrogen) atoms. The fraction of sp³-hybridized carbons (Fsp3) is 0.812. The number of hydrogen-bond donors (Lipinski definition) is 1. The molecule has 0 heterocycles. The molecule has 0 saturated heterocycles. The molecule has 1 aromatic rings. The van der Waals surface area contributed by atoms with Gasteiger partial charge in [0.15, 0.2) is 0 Å². The van der Waals surface area contributed by atoms with Crippen LogP contribution in [-0.4, -0.2) is 13.1 Å². The maximum atomic E-state index is 15.0. The van der Waals surface area contributed by atoms with Crippen LogP contribution in [0.15, 0.2) is 18.2 Å². The highest BCUT2D eigenvalue weighted by Gasteiger charge is 2.31. The van der Waals surface area contributed by atoms with E-state index in [0.29, 0.717) is 12.0 Å². The minimum atomic E-state index is 0.0601. The summed E-state index contributed by atoms with van der Waals surface area (Å²) in [5, 5.41) is 3.42. The summed E-state index contributed by atoms with van der Waals surface area (Å²) in [6.07, 6.45) is 24.1. The summed E-state index contributed by atoms with van der Waals surface area (Å²) in [6, 6.07) is 6.99. The Kier molecular flexibility index (Phi) is 10.3. The first-order valence-corrected chi connectivity index (χ1v) is 15.1. The lowest BCUT2D eigenvalue weighted by molar-refractivity contribution is 0.155. The molecule has 1 nitrogen and oxygen atoms in total. The zero-order chi connectivity index (χ0) is 23.8. The zero-order valence-electron chi connectivity index (χ0n) is 22.3. The van der Waals surface area contributed by atoms with Crippen LogP contribution in [0.25, 0.3) is 0 Å². The molecule has 0 bridgehead atoms. The predicted octanol–water partition coefficient (Wildman–Crippen LogP) is 9.20. The standard InChI is InChI=1S/C32H52FN/c1-3-4-5-6-24-7-12-26(13-8-24)27-15-17-28(18-16-27)30-20-19-29(32(33)23-30)14-9-25-10-21-31(34-2)22-11-25/h19-20,23-28,31,34H,3-18,21-22H2,1-2H3. The van der Waals surface area contributed by atoms with Crippen LogP contribution in [0.4, 0.5) is 4.39 Å². The highest BCUT2D eigenvalue weighted by Crippen LogP contribution is 2.44. The third-order valence-electron chi connectivity index (χ3n) is 10.2. The molecular formula is C32H52FN. The van der Waals surface area contributed by atoms with Crippen molar-refractivity contribution in [2.75, 3.05) is 7.05 Å². The first-order valence-electron chi connectivity index (χ1n) is 15.1. The van der Waals surface area contributed by atoms with Gasteiger partial charge in [-0.25, -0.2) is 4.39 Å². The van der Waals surface area contributed by atoms with Crippen LogP contribution in [0.3, 0.4) is 0 Å². The van der Waals surface area contributed by atoms with Gasteiger partial charge in [-0.15, -0.1) is 0 Å². The van der Waals surface area contributed by atoms with Gasteiger partial charge < -0.3 is 5.32 Å². The quantitative estimate of drug-likeness (QED) is 0.337. The fourth-order valence-corrected chi connectivity index (χ4v) is 7.67. The van der Waals surface area contributed by atoms with Gasteiger partial charge in [-0.2, -0.15) is 0 Å². The van der Waals surface area contributed by atoms with Crippen molar-refractivity contribution in [3.8, 4) is 0 Å². The first-order chi connectivity index (χ1) is 16.7. The molecule has 3 aliphatic rings. The smallest absolute Gasteiger partial charge is 0.126 e. The van der Waals surface area contributed by atoms with Gasteiger partial charge in [0.1, 0.15) is 5.82 Å². The third kappa shape index (κ3) is 7.31. The highest BCUT2D eigenvalue weighted by molar-refractivity contribution is 5.27. The largest absolute Gasteiger partial charge is 0.317 e. The Hall–Kier alpha value is -0.890. The number of hydrogen-bond acceptors (Lipinski definition) is 1. The lowest BCUT2D eigenvalue weighted by atomic mass is 9.68. The monoisotopic (exact) mass is 469 g/mol. The summed E-state index contributed by atoms with van der Waals surface area (Å²) in [5.41, 5.74) is 2.22. The van der Waals surface area contributed by atoms with E-state index in [-0.39, 0.29) is 5.82 Å². The van der Waals surface area contributed by atoms with Gasteiger partial charge in [0.2, 0.25) is 0 Å². The number of nitrogens with one attached hydrogen (secondary N) is 1. The van der Waals surface area contributed by atoms with Crippen LogP contribution in [0.2, 0.25) is 0 Å². The molecule has 1 N–H and O–H groups in total. The lowest BCUT2D eigenvalue weighted by Gasteiger charge is -2.38. The molecule has 0 spiro atoms. The van der Waals surface area contributed by atoms with E-state index in [0.717, 1.165) is 42.1 Å². The highest BCUT2D eigenvalue weighted by atomic mass is 19.1. The minimum Gasteiger partial charge on any atom is -0.317 e. The Bertz CT molecular complexity index is 706. The topological polar surface area (TPSA) is 12.0 Å². The second-order valence-electron chi connectivity index (χ2n) is 12.3. The first kappa shape index (κ1) is 26.2. The van der Waals surface area contributed by atoms with Gasteiger partial charge in [-0.3, -0.25) is 0 Å². The Morgan fingerprint density at radius 1 is 0.765 bits per heavy atom. The van der Waals surface area contributed by atoms with Crippen LogP contribution in [0, 0.1) is 29.5 Å². The number of aryl methyl sites for hydroxylation is 1. The van der Waals surface area contributed by atoms with E-state index in [1.54, 1.807) is 0 Å². The lowest BCUT2D eigenvalue weighted by Crippen LogP contribution is -2.30. The van der Waals surface area contributed by atoms with E-state index >= 15 is 0 Å². The number of benzene rings is 1. The maximum absolute atomic E-state index is 15.0. The second kappa shape index (κ2) is 13.4.